The van der Waals surface area contributed by atoms with Crippen LogP contribution in [0.1, 0.15) is 23.0 Å². The van der Waals surface area contributed by atoms with Gasteiger partial charge in [0.05, 0.1) is 16.8 Å². The van der Waals surface area contributed by atoms with Gasteiger partial charge in [0.2, 0.25) is 0 Å². The van der Waals surface area contributed by atoms with Crippen LogP contribution in [0.15, 0.2) is 46.1 Å². The summed E-state index contributed by atoms with van der Waals surface area (Å²) in [6.45, 7) is 1.72. The van der Waals surface area contributed by atoms with Crippen LogP contribution in [-0.2, 0) is 0 Å². The second kappa shape index (κ2) is 5.91. The molecule has 0 spiro atoms. The molecule has 1 aromatic heterocycles. The topological polar surface area (TPSA) is 54.6 Å². The Labute approximate surface area is 120 Å². The third-order valence-corrected chi connectivity index (χ3v) is 2.94. The lowest BCUT2D eigenvalue weighted by molar-refractivity contribution is 0.0955. The van der Waals surface area contributed by atoms with E-state index < -0.39 is 5.91 Å². The smallest absolute Gasteiger partial charge is 0.272 e. The van der Waals surface area contributed by atoms with Crippen molar-refractivity contribution in [1.82, 2.24) is 5.43 Å². The molecule has 98 valence electrons. The largest absolute Gasteiger partial charge is 0.463 e. The standard InChI is InChI=1S/C13H10Cl2N2O2/c1-8(12-3-2-6-19-12)16-17-13(18)10-7-9(14)4-5-11(10)15/h2-7H,1H3,(H,17,18)/b16-8-. The van der Waals surface area contributed by atoms with E-state index in [1.807, 2.05) is 0 Å². The molecule has 0 unspecified atom stereocenters. The molecule has 0 radical (unpaired) electrons. The van der Waals surface area contributed by atoms with E-state index in [0.29, 0.717) is 21.5 Å². The van der Waals surface area contributed by atoms with Crippen LogP contribution in [0.3, 0.4) is 0 Å². The fourth-order valence-electron chi connectivity index (χ4n) is 1.41. The summed E-state index contributed by atoms with van der Waals surface area (Å²) in [7, 11) is 0. The monoisotopic (exact) mass is 296 g/mol. The van der Waals surface area contributed by atoms with Gasteiger partial charge in [0.1, 0.15) is 11.5 Å². The Balaban J connectivity index is 2.14. The van der Waals surface area contributed by atoms with Gasteiger partial charge in [-0.2, -0.15) is 5.10 Å². The van der Waals surface area contributed by atoms with Crippen molar-refractivity contribution in [3.05, 3.63) is 58.0 Å². The summed E-state index contributed by atoms with van der Waals surface area (Å²) < 4.78 is 5.15. The summed E-state index contributed by atoms with van der Waals surface area (Å²) in [6.07, 6.45) is 1.53. The third kappa shape index (κ3) is 3.36. The Bertz CT molecular complexity index is 622. The summed E-state index contributed by atoms with van der Waals surface area (Å²) in [5.41, 5.74) is 3.22. The molecule has 1 amide bonds. The molecule has 4 nitrogen and oxygen atoms in total. The zero-order valence-corrected chi connectivity index (χ0v) is 11.5. The Hall–Kier alpha value is -1.78. The van der Waals surface area contributed by atoms with Crippen LogP contribution in [0.5, 0.6) is 0 Å². The first-order valence-corrected chi connectivity index (χ1v) is 6.17. The molecule has 1 N–H and O–H groups in total. The van der Waals surface area contributed by atoms with Gasteiger partial charge in [0.15, 0.2) is 0 Å². The highest BCUT2D eigenvalue weighted by Gasteiger charge is 2.10. The highest BCUT2D eigenvalue weighted by atomic mass is 35.5. The molecular weight excluding hydrogens is 287 g/mol. The van der Waals surface area contributed by atoms with Crippen molar-refractivity contribution in [2.45, 2.75) is 6.92 Å². The average molecular weight is 297 g/mol. The Kier molecular flexibility index (Phi) is 4.24. The Morgan fingerprint density at radius 2 is 2.11 bits per heavy atom. The third-order valence-electron chi connectivity index (χ3n) is 2.38. The van der Waals surface area contributed by atoms with Gasteiger partial charge >= 0.3 is 0 Å². The van der Waals surface area contributed by atoms with Gasteiger partial charge in [-0.15, -0.1) is 0 Å². The molecule has 0 atom stereocenters. The number of amides is 1. The molecule has 19 heavy (non-hydrogen) atoms. The SMILES string of the molecule is C/C(=N/NC(=O)c1cc(Cl)ccc1Cl)c1ccco1. The van der Waals surface area contributed by atoms with E-state index in [1.54, 1.807) is 31.2 Å². The molecule has 0 aliphatic heterocycles. The summed E-state index contributed by atoms with van der Waals surface area (Å²) in [5.74, 6) is 0.149. The number of halogens is 2. The number of nitrogens with one attached hydrogen (secondary N) is 1. The second-order valence-electron chi connectivity index (χ2n) is 3.74. The maximum atomic E-state index is 11.9. The first kappa shape index (κ1) is 13.6. The lowest BCUT2D eigenvalue weighted by atomic mass is 10.2. The fraction of sp³-hybridized carbons (Fsp3) is 0.0769. The average Bonchev–Trinajstić information content (AvgIpc) is 2.92. The second-order valence-corrected chi connectivity index (χ2v) is 4.58. The van der Waals surface area contributed by atoms with E-state index in [2.05, 4.69) is 10.5 Å². The summed E-state index contributed by atoms with van der Waals surface area (Å²) in [4.78, 5) is 11.9. The van der Waals surface area contributed by atoms with E-state index in [4.69, 9.17) is 27.6 Å². The predicted octanol–water partition coefficient (Wildman–Crippen LogP) is 3.74. The predicted molar refractivity (Wildman–Crippen MR) is 74.8 cm³/mol. The van der Waals surface area contributed by atoms with Crippen LogP contribution < -0.4 is 5.43 Å². The van der Waals surface area contributed by atoms with Gasteiger partial charge in [0, 0.05) is 5.02 Å². The summed E-state index contributed by atoms with van der Waals surface area (Å²) in [5, 5.41) is 4.68. The molecule has 2 aromatic rings. The Morgan fingerprint density at radius 3 is 2.79 bits per heavy atom. The highest BCUT2D eigenvalue weighted by Crippen LogP contribution is 2.20. The number of rotatable bonds is 3. The van der Waals surface area contributed by atoms with Gasteiger partial charge in [-0.1, -0.05) is 23.2 Å². The van der Waals surface area contributed by atoms with E-state index >= 15 is 0 Å². The minimum absolute atomic E-state index is 0.269. The lowest BCUT2D eigenvalue weighted by Crippen LogP contribution is -2.19. The Morgan fingerprint density at radius 1 is 1.32 bits per heavy atom. The first-order chi connectivity index (χ1) is 9.08. The van der Waals surface area contributed by atoms with Crippen LogP contribution in [0.2, 0.25) is 10.0 Å². The molecular formula is C13H10Cl2N2O2. The molecule has 0 saturated carbocycles. The normalized spacial score (nSPS) is 11.4. The molecule has 1 heterocycles. The van der Waals surface area contributed by atoms with Gasteiger partial charge in [-0.3, -0.25) is 4.79 Å². The number of hydrogen-bond acceptors (Lipinski definition) is 3. The lowest BCUT2D eigenvalue weighted by Gasteiger charge is -2.04. The molecule has 6 heteroatoms. The molecule has 0 aliphatic carbocycles. The van der Waals surface area contributed by atoms with Crippen molar-refractivity contribution in [2.24, 2.45) is 5.10 Å². The van der Waals surface area contributed by atoms with E-state index in [1.165, 1.54) is 12.3 Å². The van der Waals surface area contributed by atoms with Crippen molar-refractivity contribution in [3.63, 3.8) is 0 Å². The van der Waals surface area contributed by atoms with Gasteiger partial charge in [-0.25, -0.2) is 5.43 Å². The van der Waals surface area contributed by atoms with Gasteiger partial charge < -0.3 is 4.42 Å². The minimum atomic E-state index is -0.432. The summed E-state index contributed by atoms with van der Waals surface area (Å²) in [6, 6.07) is 8.14. The number of hydrogen-bond donors (Lipinski definition) is 1. The van der Waals surface area contributed by atoms with Crippen molar-refractivity contribution in [3.8, 4) is 0 Å². The maximum Gasteiger partial charge on any atom is 0.272 e. The van der Waals surface area contributed by atoms with Crippen molar-refractivity contribution in [1.29, 1.82) is 0 Å². The van der Waals surface area contributed by atoms with Gasteiger partial charge in [0.25, 0.3) is 5.91 Å². The van der Waals surface area contributed by atoms with Crippen LogP contribution in [0.4, 0.5) is 0 Å². The van der Waals surface area contributed by atoms with Crippen molar-refractivity contribution >= 4 is 34.8 Å². The molecule has 0 aliphatic rings. The van der Waals surface area contributed by atoms with Crippen LogP contribution in [0, 0.1) is 0 Å². The number of hydrazone groups is 1. The van der Waals surface area contributed by atoms with E-state index in [0.717, 1.165) is 0 Å². The maximum absolute atomic E-state index is 11.9. The molecule has 1 aromatic carbocycles. The fourth-order valence-corrected chi connectivity index (χ4v) is 1.78. The van der Waals surface area contributed by atoms with Crippen LogP contribution in [-0.4, -0.2) is 11.6 Å². The summed E-state index contributed by atoms with van der Waals surface area (Å²) >= 11 is 11.7. The number of furan rings is 1. The van der Waals surface area contributed by atoms with E-state index in [9.17, 15) is 4.79 Å². The van der Waals surface area contributed by atoms with E-state index in [-0.39, 0.29) is 5.56 Å². The van der Waals surface area contributed by atoms with Crippen molar-refractivity contribution in [2.75, 3.05) is 0 Å². The molecule has 0 bridgehead atoms. The minimum Gasteiger partial charge on any atom is -0.463 e. The van der Waals surface area contributed by atoms with Crippen LogP contribution >= 0.6 is 23.2 Å². The number of benzene rings is 1. The number of nitrogens with zero attached hydrogens (tertiary/aromatic N) is 1. The van der Waals surface area contributed by atoms with Crippen LogP contribution in [0.25, 0.3) is 0 Å². The molecule has 2 rings (SSSR count). The van der Waals surface area contributed by atoms with Crippen molar-refractivity contribution < 1.29 is 9.21 Å². The highest BCUT2D eigenvalue weighted by molar-refractivity contribution is 6.35. The quantitative estimate of drug-likeness (QED) is 0.693. The zero-order chi connectivity index (χ0) is 13.8. The molecule has 0 fully saturated rings. The first-order valence-electron chi connectivity index (χ1n) is 5.41. The molecule has 0 saturated heterocycles. The van der Waals surface area contributed by atoms with Gasteiger partial charge in [-0.05, 0) is 37.3 Å². The number of carbonyl (C=O) groups is 1. The zero-order valence-electron chi connectivity index (χ0n) is 9.98. The number of carbonyl (C=O) groups excluding carboxylic acids is 1.